The zero-order valence-corrected chi connectivity index (χ0v) is 12.8. The van der Waals surface area contributed by atoms with Gasteiger partial charge in [0.15, 0.2) is 0 Å². The molecule has 2 unspecified atom stereocenters. The summed E-state index contributed by atoms with van der Waals surface area (Å²) < 4.78 is 0. The fourth-order valence-electron chi connectivity index (χ4n) is 2.25. The summed E-state index contributed by atoms with van der Waals surface area (Å²) in [5.74, 6) is 4.17. The van der Waals surface area contributed by atoms with Crippen LogP contribution in [0.4, 0.5) is 0 Å². The Kier molecular flexibility index (Phi) is 4.33. The molecule has 16 heavy (non-hydrogen) atoms. The Labute approximate surface area is 103 Å². The van der Waals surface area contributed by atoms with Crippen molar-refractivity contribution in [1.82, 2.24) is 0 Å². The van der Waals surface area contributed by atoms with Gasteiger partial charge in [-0.05, 0) is 44.2 Å². The highest BCUT2D eigenvalue weighted by molar-refractivity contribution is 7.65. The molecule has 2 atom stereocenters. The van der Waals surface area contributed by atoms with Gasteiger partial charge < -0.3 is 0 Å². The van der Waals surface area contributed by atoms with E-state index in [1.807, 2.05) is 0 Å². The maximum atomic E-state index is 3.95. The first kappa shape index (κ1) is 13.9. The summed E-state index contributed by atoms with van der Waals surface area (Å²) in [6, 6.07) is 0. The van der Waals surface area contributed by atoms with Crippen molar-refractivity contribution in [1.29, 1.82) is 0 Å². The maximum Gasteiger partial charge on any atom is 0.0378 e. The summed E-state index contributed by atoms with van der Waals surface area (Å²) in [4.78, 5) is 0. The van der Waals surface area contributed by atoms with Crippen molar-refractivity contribution in [3.05, 3.63) is 35.9 Å². The van der Waals surface area contributed by atoms with Crippen LogP contribution in [-0.4, -0.2) is 16.1 Å². The third-order valence-electron chi connectivity index (χ3n) is 3.95. The third kappa shape index (κ3) is 2.11. The van der Waals surface area contributed by atoms with Crippen LogP contribution in [0.15, 0.2) is 35.9 Å². The smallest absolute Gasteiger partial charge is 0.0378 e. The van der Waals surface area contributed by atoms with Crippen molar-refractivity contribution in [2.75, 3.05) is 0 Å². The fourth-order valence-corrected chi connectivity index (χ4v) is 5.94. The van der Waals surface area contributed by atoms with Gasteiger partial charge >= 0.3 is 0 Å². The Balaban J connectivity index is 3.14. The number of hydrogen-bond acceptors (Lipinski definition) is 0. The minimum atomic E-state index is -0.268. The molecule has 88 valence electrons. The number of rotatable bonds is 4. The summed E-state index contributed by atoms with van der Waals surface area (Å²) in [5.41, 5.74) is 3.67. The van der Waals surface area contributed by atoms with Crippen LogP contribution in [0.3, 0.4) is 0 Å². The van der Waals surface area contributed by atoms with Gasteiger partial charge in [-0.1, -0.05) is 53.4 Å². The minimum Gasteiger partial charge on any atom is -0.0983 e. The Morgan fingerprint density at radius 2 is 1.75 bits per heavy atom. The molecule has 1 heterocycles. The molecule has 0 aliphatic carbocycles. The van der Waals surface area contributed by atoms with Crippen LogP contribution in [0.5, 0.6) is 0 Å². The predicted octanol–water partition coefficient (Wildman–Crippen LogP) is 5.39. The molecule has 0 aromatic rings. The first-order valence-electron chi connectivity index (χ1n) is 5.65. The van der Waals surface area contributed by atoms with Gasteiger partial charge in [-0.3, -0.25) is 0 Å². The highest BCUT2D eigenvalue weighted by atomic mass is 31.1. The predicted molar refractivity (Wildman–Crippen MR) is 81.2 cm³/mol. The van der Waals surface area contributed by atoms with Crippen molar-refractivity contribution in [2.45, 2.75) is 45.4 Å². The summed E-state index contributed by atoms with van der Waals surface area (Å²) in [7, 11) is 1.20. The molecule has 0 aromatic carbocycles. The highest BCUT2D eigenvalue weighted by Crippen LogP contribution is 2.57. The molecular formula is C14H22P2. The molecule has 1 aliphatic heterocycles. The van der Waals surface area contributed by atoms with Crippen LogP contribution in [0.25, 0.3) is 0 Å². The van der Waals surface area contributed by atoms with Crippen LogP contribution >= 0.6 is 16.1 Å². The molecule has 2 heteroatoms. The molecule has 1 aliphatic rings. The van der Waals surface area contributed by atoms with Crippen LogP contribution in [0.1, 0.15) is 34.6 Å². The largest absolute Gasteiger partial charge is 0.0983 e. The van der Waals surface area contributed by atoms with Crippen molar-refractivity contribution in [2.24, 2.45) is 0 Å². The zero-order valence-electron chi connectivity index (χ0n) is 11.0. The highest BCUT2D eigenvalue weighted by Gasteiger charge is 2.38. The van der Waals surface area contributed by atoms with Crippen molar-refractivity contribution >= 4 is 21.4 Å². The Morgan fingerprint density at radius 3 is 2.06 bits per heavy atom. The van der Waals surface area contributed by atoms with Gasteiger partial charge in [-0.2, -0.15) is 0 Å². The van der Waals surface area contributed by atoms with Crippen LogP contribution in [-0.2, 0) is 0 Å². The van der Waals surface area contributed by atoms with E-state index >= 15 is 0 Å². The molecule has 0 saturated carbocycles. The van der Waals surface area contributed by atoms with Crippen LogP contribution in [0.2, 0.25) is 0 Å². The second kappa shape index (κ2) is 4.99. The van der Waals surface area contributed by atoms with E-state index in [4.69, 9.17) is 0 Å². The van der Waals surface area contributed by atoms with E-state index in [0.717, 1.165) is 0 Å². The van der Waals surface area contributed by atoms with Crippen molar-refractivity contribution in [3.63, 3.8) is 0 Å². The lowest BCUT2D eigenvalue weighted by molar-refractivity contribution is 0.721. The van der Waals surface area contributed by atoms with E-state index in [1.165, 1.54) is 19.1 Å². The van der Waals surface area contributed by atoms with Crippen LogP contribution in [0, 0.1) is 0 Å². The first-order chi connectivity index (χ1) is 7.38. The molecule has 0 spiro atoms. The minimum absolute atomic E-state index is 0.268. The van der Waals surface area contributed by atoms with Gasteiger partial charge in [-0.25, -0.2) is 0 Å². The molecule has 0 radical (unpaired) electrons. The summed E-state index contributed by atoms with van der Waals surface area (Å²) in [6.07, 6.45) is 0. The van der Waals surface area contributed by atoms with Crippen molar-refractivity contribution < 1.29 is 0 Å². The summed E-state index contributed by atoms with van der Waals surface area (Å²) >= 11 is 0. The standard InChI is InChI=1S/C14H22P2/c1-8-16(9-2)13(6)14(7)11(4)10(3)12(5)15-14/h8-9,13H,1-2H2,3-7H3. The van der Waals surface area contributed by atoms with Gasteiger partial charge in [0.05, 0.1) is 0 Å². The van der Waals surface area contributed by atoms with Crippen LogP contribution < -0.4 is 0 Å². The summed E-state index contributed by atoms with van der Waals surface area (Å²) in [6.45, 7) is 19.4. The molecule has 0 aromatic heterocycles. The molecule has 0 fully saturated rings. The molecule has 0 N–H and O–H groups in total. The Morgan fingerprint density at radius 1 is 1.25 bits per heavy atom. The second-order valence-electron chi connectivity index (χ2n) is 4.58. The maximum absolute atomic E-state index is 3.95. The van der Waals surface area contributed by atoms with Gasteiger partial charge in [-0.15, -0.1) is 0 Å². The normalized spacial score (nSPS) is 28.0. The van der Waals surface area contributed by atoms with Gasteiger partial charge in [0.25, 0.3) is 0 Å². The van der Waals surface area contributed by atoms with E-state index in [2.05, 4.69) is 59.4 Å². The molecule has 0 bridgehead atoms. The quantitative estimate of drug-likeness (QED) is 0.588. The SMILES string of the molecule is C=CP(C=C)C(C)C1(C)P=C(C)C(C)=C1C. The first-order valence-corrected chi connectivity index (χ1v) is 8.10. The van der Waals surface area contributed by atoms with Crippen molar-refractivity contribution in [3.8, 4) is 0 Å². The molecule has 1 rings (SSSR count). The van der Waals surface area contributed by atoms with Gasteiger partial charge in [0.1, 0.15) is 0 Å². The lowest BCUT2D eigenvalue weighted by Crippen LogP contribution is -2.29. The zero-order chi connectivity index (χ0) is 12.5. The molecule has 0 saturated heterocycles. The molecular weight excluding hydrogens is 230 g/mol. The second-order valence-corrected chi connectivity index (χ2v) is 8.81. The molecule has 0 amide bonds. The van der Waals surface area contributed by atoms with E-state index in [1.54, 1.807) is 5.57 Å². The average molecular weight is 252 g/mol. The monoisotopic (exact) mass is 252 g/mol. The van der Waals surface area contributed by atoms with E-state index in [-0.39, 0.29) is 13.1 Å². The average Bonchev–Trinajstić information content (AvgIpc) is 2.45. The van der Waals surface area contributed by atoms with E-state index in [9.17, 15) is 0 Å². The topological polar surface area (TPSA) is 0 Å². The summed E-state index contributed by atoms with van der Waals surface area (Å²) in [5, 5.41) is 1.80. The lowest BCUT2D eigenvalue weighted by Gasteiger charge is -2.34. The Hall–Kier alpha value is -0.180. The molecule has 0 nitrogen and oxygen atoms in total. The van der Waals surface area contributed by atoms with Gasteiger partial charge in [0, 0.05) is 5.16 Å². The van der Waals surface area contributed by atoms with E-state index in [0.29, 0.717) is 5.66 Å². The van der Waals surface area contributed by atoms with Gasteiger partial charge in [0.2, 0.25) is 0 Å². The fraction of sp³-hybridized carbons (Fsp3) is 0.500. The number of hydrogen-bond donors (Lipinski definition) is 0. The Bertz CT molecular complexity index is 368. The third-order valence-corrected chi connectivity index (χ3v) is 8.26. The lowest BCUT2D eigenvalue weighted by atomic mass is 9.93. The number of allylic oxidation sites excluding steroid dienone is 2. The van der Waals surface area contributed by atoms with E-state index < -0.39 is 0 Å².